The first-order valence-electron chi connectivity index (χ1n) is 7.62. The van der Waals surface area contributed by atoms with Gasteiger partial charge in [-0.15, -0.1) is 11.3 Å². The summed E-state index contributed by atoms with van der Waals surface area (Å²) < 4.78 is 0. The van der Waals surface area contributed by atoms with Gasteiger partial charge in [-0.3, -0.25) is 0 Å². The summed E-state index contributed by atoms with van der Waals surface area (Å²) in [5.74, 6) is 1.08. The summed E-state index contributed by atoms with van der Waals surface area (Å²) >= 11 is 1.69. The first-order chi connectivity index (χ1) is 10.9. The van der Waals surface area contributed by atoms with Crippen LogP contribution in [0.3, 0.4) is 0 Å². The molecule has 4 heteroatoms. The van der Waals surface area contributed by atoms with Crippen molar-refractivity contribution in [1.29, 1.82) is 0 Å². The summed E-state index contributed by atoms with van der Waals surface area (Å²) in [4.78, 5) is 11.7. The normalized spacial score (nSPS) is 14.5. The first kappa shape index (κ1) is 13.5. The predicted molar refractivity (Wildman–Crippen MR) is 92.2 cm³/mol. The van der Waals surface area contributed by atoms with E-state index in [0.717, 1.165) is 35.2 Å². The largest absolute Gasteiger partial charge is 0.357 e. The third-order valence-electron chi connectivity index (χ3n) is 4.00. The maximum Gasteiger partial charge on any atom is 0.129 e. The monoisotopic (exact) mass is 307 g/mol. The van der Waals surface area contributed by atoms with Crippen molar-refractivity contribution >= 4 is 17.2 Å². The molecule has 0 N–H and O–H groups in total. The lowest BCUT2D eigenvalue weighted by molar-refractivity contribution is 0.938. The molecule has 110 valence electrons. The smallest absolute Gasteiger partial charge is 0.129 e. The Kier molecular flexibility index (Phi) is 3.60. The van der Waals surface area contributed by atoms with E-state index < -0.39 is 0 Å². The van der Waals surface area contributed by atoms with E-state index in [2.05, 4.69) is 33.5 Å². The molecular formula is C18H17N3S. The van der Waals surface area contributed by atoms with E-state index in [1.54, 1.807) is 11.3 Å². The van der Waals surface area contributed by atoms with E-state index in [-0.39, 0.29) is 0 Å². The Morgan fingerprint density at radius 3 is 2.59 bits per heavy atom. The van der Waals surface area contributed by atoms with Crippen molar-refractivity contribution in [2.45, 2.75) is 12.8 Å². The summed E-state index contributed by atoms with van der Waals surface area (Å²) in [5.41, 5.74) is 3.36. The third-order valence-corrected chi connectivity index (χ3v) is 4.89. The van der Waals surface area contributed by atoms with Gasteiger partial charge in [0.05, 0.1) is 5.69 Å². The topological polar surface area (TPSA) is 29.0 Å². The van der Waals surface area contributed by atoms with Gasteiger partial charge in [0, 0.05) is 35.8 Å². The number of rotatable bonds is 3. The lowest BCUT2D eigenvalue weighted by Crippen LogP contribution is -2.18. The van der Waals surface area contributed by atoms with Gasteiger partial charge in [-0.05, 0) is 25.0 Å². The fourth-order valence-electron chi connectivity index (χ4n) is 2.82. The minimum absolute atomic E-state index is 1.04. The van der Waals surface area contributed by atoms with Crippen LogP contribution < -0.4 is 4.90 Å². The number of hydrogen-bond donors (Lipinski definition) is 0. The highest BCUT2D eigenvalue weighted by molar-refractivity contribution is 7.13. The molecule has 4 rings (SSSR count). The van der Waals surface area contributed by atoms with Gasteiger partial charge in [-0.2, -0.15) is 0 Å². The van der Waals surface area contributed by atoms with Gasteiger partial charge in [0.15, 0.2) is 0 Å². The van der Waals surface area contributed by atoms with Crippen LogP contribution in [0, 0.1) is 0 Å². The SMILES string of the molecule is c1ccc(-c2csc(-c3ccnc(N4CCCC4)c3)n2)cc1. The van der Waals surface area contributed by atoms with Crippen LogP contribution in [0.1, 0.15) is 12.8 Å². The molecule has 0 unspecified atom stereocenters. The molecular weight excluding hydrogens is 290 g/mol. The van der Waals surface area contributed by atoms with E-state index in [1.807, 2.05) is 30.5 Å². The van der Waals surface area contributed by atoms with E-state index in [9.17, 15) is 0 Å². The molecule has 2 aromatic heterocycles. The van der Waals surface area contributed by atoms with E-state index in [1.165, 1.54) is 18.4 Å². The van der Waals surface area contributed by atoms with Crippen LogP contribution >= 0.6 is 11.3 Å². The fraction of sp³-hybridized carbons (Fsp3) is 0.222. The fourth-order valence-corrected chi connectivity index (χ4v) is 3.64. The molecule has 22 heavy (non-hydrogen) atoms. The van der Waals surface area contributed by atoms with Crippen LogP contribution in [0.4, 0.5) is 5.82 Å². The average molecular weight is 307 g/mol. The van der Waals surface area contributed by atoms with Crippen molar-refractivity contribution < 1.29 is 0 Å². The lowest BCUT2D eigenvalue weighted by Gasteiger charge is -2.16. The van der Waals surface area contributed by atoms with Crippen molar-refractivity contribution in [2.75, 3.05) is 18.0 Å². The zero-order valence-electron chi connectivity index (χ0n) is 12.3. The standard InChI is InChI=1S/C18H17N3S/c1-2-6-14(7-3-1)16-13-22-18(20-16)15-8-9-19-17(12-15)21-10-4-5-11-21/h1-3,6-9,12-13H,4-5,10-11H2. The minimum atomic E-state index is 1.04. The third kappa shape index (κ3) is 2.62. The molecule has 0 radical (unpaired) electrons. The zero-order chi connectivity index (χ0) is 14.8. The Morgan fingerprint density at radius 1 is 0.955 bits per heavy atom. The van der Waals surface area contributed by atoms with E-state index >= 15 is 0 Å². The van der Waals surface area contributed by atoms with Gasteiger partial charge >= 0.3 is 0 Å². The number of nitrogens with zero attached hydrogens (tertiary/aromatic N) is 3. The van der Waals surface area contributed by atoms with Crippen molar-refractivity contribution in [3.63, 3.8) is 0 Å². The van der Waals surface area contributed by atoms with Crippen LogP contribution in [0.15, 0.2) is 54.0 Å². The summed E-state index contributed by atoms with van der Waals surface area (Å²) in [7, 11) is 0. The van der Waals surface area contributed by atoms with Crippen molar-refractivity contribution in [3.05, 3.63) is 54.0 Å². The van der Waals surface area contributed by atoms with Gasteiger partial charge in [-0.25, -0.2) is 9.97 Å². The average Bonchev–Trinajstić information content (AvgIpc) is 3.28. The van der Waals surface area contributed by atoms with Gasteiger partial charge in [0.2, 0.25) is 0 Å². The number of thiazole rings is 1. The molecule has 1 saturated heterocycles. The highest BCUT2D eigenvalue weighted by atomic mass is 32.1. The predicted octanol–water partition coefficient (Wildman–Crippen LogP) is 4.47. The first-order valence-corrected chi connectivity index (χ1v) is 8.50. The Hall–Kier alpha value is -2.20. The van der Waals surface area contributed by atoms with Crippen molar-refractivity contribution in [2.24, 2.45) is 0 Å². The van der Waals surface area contributed by atoms with Crippen LogP contribution in [-0.2, 0) is 0 Å². The molecule has 0 saturated carbocycles. The summed E-state index contributed by atoms with van der Waals surface area (Å²) in [6, 6.07) is 14.5. The summed E-state index contributed by atoms with van der Waals surface area (Å²) in [5, 5.41) is 3.18. The second kappa shape index (κ2) is 5.89. The number of benzene rings is 1. The molecule has 1 aromatic carbocycles. The van der Waals surface area contributed by atoms with Crippen molar-refractivity contribution in [3.8, 4) is 21.8 Å². The van der Waals surface area contributed by atoms with Crippen LogP contribution in [0.25, 0.3) is 21.8 Å². The van der Waals surface area contributed by atoms with Crippen LogP contribution in [-0.4, -0.2) is 23.1 Å². The summed E-state index contributed by atoms with van der Waals surface area (Å²) in [6.07, 6.45) is 4.43. The van der Waals surface area contributed by atoms with E-state index in [4.69, 9.17) is 4.98 Å². The second-order valence-corrected chi connectivity index (χ2v) is 6.36. The molecule has 1 aliphatic heterocycles. The van der Waals surface area contributed by atoms with Crippen molar-refractivity contribution in [1.82, 2.24) is 9.97 Å². The zero-order valence-corrected chi connectivity index (χ0v) is 13.1. The number of aromatic nitrogens is 2. The quantitative estimate of drug-likeness (QED) is 0.715. The molecule has 0 amide bonds. The number of anilines is 1. The van der Waals surface area contributed by atoms with Crippen LogP contribution in [0.2, 0.25) is 0 Å². The highest BCUT2D eigenvalue weighted by Crippen LogP contribution is 2.30. The van der Waals surface area contributed by atoms with Crippen LogP contribution in [0.5, 0.6) is 0 Å². The van der Waals surface area contributed by atoms with Gasteiger partial charge in [0.25, 0.3) is 0 Å². The number of hydrogen-bond acceptors (Lipinski definition) is 4. The Morgan fingerprint density at radius 2 is 1.77 bits per heavy atom. The Labute approximate surface area is 134 Å². The van der Waals surface area contributed by atoms with Gasteiger partial charge in [-0.1, -0.05) is 30.3 Å². The molecule has 1 fully saturated rings. The van der Waals surface area contributed by atoms with E-state index in [0.29, 0.717) is 0 Å². The van der Waals surface area contributed by atoms with Gasteiger partial charge < -0.3 is 4.90 Å². The molecule has 0 bridgehead atoms. The van der Waals surface area contributed by atoms with Gasteiger partial charge in [0.1, 0.15) is 10.8 Å². The second-order valence-electron chi connectivity index (χ2n) is 5.50. The minimum Gasteiger partial charge on any atom is -0.357 e. The maximum absolute atomic E-state index is 4.79. The molecule has 3 heterocycles. The molecule has 0 spiro atoms. The summed E-state index contributed by atoms with van der Waals surface area (Å²) in [6.45, 7) is 2.23. The maximum atomic E-state index is 4.79. The Balaban J connectivity index is 1.65. The Bertz CT molecular complexity index is 761. The molecule has 3 nitrogen and oxygen atoms in total. The number of pyridine rings is 1. The lowest BCUT2D eigenvalue weighted by atomic mass is 10.2. The molecule has 3 aromatic rings. The molecule has 1 aliphatic rings. The molecule has 0 atom stereocenters. The highest BCUT2D eigenvalue weighted by Gasteiger charge is 2.15. The molecule has 0 aliphatic carbocycles.